The van der Waals surface area contributed by atoms with E-state index in [-0.39, 0.29) is 4.90 Å². The molecule has 0 saturated carbocycles. The predicted octanol–water partition coefficient (Wildman–Crippen LogP) is 8.01. The molecule has 10 heteroatoms. The molecule has 8 nitrogen and oxygen atoms in total. The number of sulfone groups is 1. The molecule has 254 valence electrons. The first-order valence-electron chi connectivity index (χ1n) is 16.2. The Hall–Kier alpha value is -3.15. The van der Waals surface area contributed by atoms with Crippen LogP contribution < -0.4 is 14.2 Å². The van der Waals surface area contributed by atoms with Crippen LogP contribution in [0.3, 0.4) is 0 Å². The molecule has 0 atom stereocenters. The average molecular weight is 729 g/mol. The summed E-state index contributed by atoms with van der Waals surface area (Å²) in [5.74, 6) is 2.92. The number of nitrogens with zero attached hydrogens (tertiary/aromatic N) is 1. The Labute approximate surface area is 288 Å². The number of hydrogen-bond donors (Lipinski definition) is 0. The number of benzene rings is 4. The smallest absolute Gasteiger partial charge is 0.175 e. The van der Waals surface area contributed by atoms with E-state index < -0.39 is 9.84 Å². The molecule has 47 heavy (non-hydrogen) atoms. The van der Waals surface area contributed by atoms with E-state index in [0.717, 1.165) is 71.2 Å². The summed E-state index contributed by atoms with van der Waals surface area (Å²) in [7, 11) is -3.31. The first kappa shape index (κ1) is 36.7. The van der Waals surface area contributed by atoms with E-state index in [1.165, 1.54) is 6.26 Å². The second-order valence-electron chi connectivity index (χ2n) is 11.1. The van der Waals surface area contributed by atoms with Crippen molar-refractivity contribution in [2.45, 2.75) is 31.6 Å². The van der Waals surface area contributed by atoms with Crippen molar-refractivity contribution in [2.75, 3.05) is 70.9 Å². The summed E-state index contributed by atoms with van der Waals surface area (Å²) < 4.78 is 53.8. The zero-order valence-corrected chi connectivity index (χ0v) is 30.0. The summed E-state index contributed by atoms with van der Waals surface area (Å²) in [5, 5.41) is 2.74. The highest BCUT2D eigenvalue weighted by molar-refractivity contribution is 9.09. The minimum Gasteiger partial charge on any atom is -0.494 e. The van der Waals surface area contributed by atoms with Gasteiger partial charge in [0.15, 0.2) is 9.84 Å². The third-order valence-electron chi connectivity index (χ3n) is 7.61. The molecule has 0 aliphatic rings. The maximum absolute atomic E-state index is 12.1. The Balaban J connectivity index is 1.44. The molecule has 0 radical (unpaired) electrons. The Morgan fingerprint density at radius 1 is 0.702 bits per heavy atom. The van der Waals surface area contributed by atoms with Gasteiger partial charge in [-0.1, -0.05) is 54.4 Å². The number of rotatable bonds is 21. The van der Waals surface area contributed by atoms with Crippen LogP contribution in [0.15, 0.2) is 83.8 Å². The number of unbranched alkanes of at least 4 members (excludes halogenated alkanes) is 1. The summed E-state index contributed by atoms with van der Waals surface area (Å²) in [6.07, 6.45) is 3.27. The molecule has 0 aliphatic heterocycles. The molecule has 0 saturated heterocycles. The maximum Gasteiger partial charge on any atom is 0.175 e. The Morgan fingerprint density at radius 2 is 1.36 bits per heavy atom. The van der Waals surface area contributed by atoms with Crippen molar-refractivity contribution in [2.24, 2.45) is 0 Å². The molecule has 0 aliphatic carbocycles. The second kappa shape index (κ2) is 19.0. The van der Waals surface area contributed by atoms with E-state index in [9.17, 15) is 8.42 Å². The van der Waals surface area contributed by atoms with Crippen molar-refractivity contribution in [1.82, 2.24) is 4.90 Å². The van der Waals surface area contributed by atoms with Crippen molar-refractivity contribution in [3.05, 3.63) is 78.9 Å². The van der Waals surface area contributed by atoms with Crippen molar-refractivity contribution in [3.63, 3.8) is 0 Å². The number of likely N-dealkylation sites (N-methyl/N-ethyl adjacent to an activating group) is 1. The molecular formula is C37H46BrNO7S. The van der Waals surface area contributed by atoms with Crippen LogP contribution in [0.25, 0.3) is 21.9 Å². The molecule has 0 amide bonds. The molecule has 0 aromatic heterocycles. The molecule has 4 aromatic carbocycles. The normalized spacial score (nSPS) is 11.7. The molecule has 0 spiro atoms. The van der Waals surface area contributed by atoms with E-state index in [4.69, 9.17) is 23.7 Å². The van der Waals surface area contributed by atoms with Crippen molar-refractivity contribution in [1.29, 1.82) is 0 Å². The zero-order chi connectivity index (χ0) is 33.5. The zero-order valence-electron chi connectivity index (χ0n) is 27.6. The summed E-state index contributed by atoms with van der Waals surface area (Å²) in [4.78, 5) is 2.57. The summed E-state index contributed by atoms with van der Waals surface area (Å²) >= 11 is 3.34. The van der Waals surface area contributed by atoms with Gasteiger partial charge in [-0.05, 0) is 84.6 Å². The van der Waals surface area contributed by atoms with E-state index in [1.54, 1.807) is 12.1 Å². The van der Waals surface area contributed by atoms with Gasteiger partial charge < -0.3 is 23.7 Å². The number of fused-ring (bicyclic) bond motifs is 1. The lowest BCUT2D eigenvalue weighted by atomic mass is 9.99. The van der Waals surface area contributed by atoms with Gasteiger partial charge in [0.05, 0.1) is 37.9 Å². The summed E-state index contributed by atoms with van der Waals surface area (Å²) in [6.45, 7) is 10.6. The quantitative estimate of drug-likeness (QED) is 0.0631. The molecule has 0 bridgehead atoms. The summed E-state index contributed by atoms with van der Waals surface area (Å²) in [6, 6.07) is 24.6. The summed E-state index contributed by atoms with van der Waals surface area (Å²) in [5.41, 5.74) is 1.71. The van der Waals surface area contributed by atoms with Crippen molar-refractivity contribution >= 4 is 36.5 Å². The maximum atomic E-state index is 12.1. The second-order valence-corrected chi connectivity index (χ2v) is 13.9. The van der Waals surface area contributed by atoms with Crippen molar-refractivity contribution < 1.29 is 32.1 Å². The lowest BCUT2D eigenvalue weighted by Gasteiger charge is -2.20. The monoisotopic (exact) mass is 727 g/mol. The van der Waals surface area contributed by atoms with Gasteiger partial charge >= 0.3 is 0 Å². The van der Waals surface area contributed by atoms with Crippen LogP contribution in [0.5, 0.6) is 23.0 Å². The fourth-order valence-corrected chi connectivity index (χ4v) is 5.79. The number of halogens is 1. The average Bonchev–Trinajstić information content (AvgIpc) is 3.07. The topological polar surface area (TPSA) is 83.5 Å². The Morgan fingerprint density at radius 3 is 2.04 bits per heavy atom. The molecule has 4 aromatic rings. The first-order valence-corrected chi connectivity index (χ1v) is 19.2. The van der Waals surface area contributed by atoms with E-state index in [0.29, 0.717) is 51.1 Å². The Kier molecular flexibility index (Phi) is 14.8. The number of alkyl halides is 1. The van der Waals surface area contributed by atoms with E-state index in [1.807, 2.05) is 66.7 Å². The molecule has 0 N–H and O–H groups in total. The SMILES string of the molecule is CCCCOc1ccc2c(Oc3ccc(OCCN(CC)CCOCCOCCBr)cc3)c(-c3ccc(S(C)(=O)=O)cc3)ccc2c1. The molecule has 0 fully saturated rings. The Bertz CT molecular complexity index is 1630. The molecule has 0 heterocycles. The van der Waals surface area contributed by atoms with Crippen LogP contribution in [-0.4, -0.2) is 84.2 Å². The van der Waals surface area contributed by atoms with Crippen LogP contribution in [-0.2, 0) is 19.3 Å². The van der Waals surface area contributed by atoms with Gasteiger partial charge in [0.25, 0.3) is 0 Å². The lowest BCUT2D eigenvalue weighted by Crippen LogP contribution is -2.31. The van der Waals surface area contributed by atoms with Crippen LogP contribution in [0.4, 0.5) is 0 Å². The minimum atomic E-state index is -3.31. The van der Waals surface area contributed by atoms with Crippen LogP contribution in [0, 0.1) is 0 Å². The van der Waals surface area contributed by atoms with E-state index in [2.05, 4.69) is 34.7 Å². The van der Waals surface area contributed by atoms with E-state index >= 15 is 0 Å². The standard InChI is InChI=1S/C37H46BrNO7S/c1-4-6-22-44-33-14-18-36-30(28-33)9-17-35(29-7-15-34(16-8-29)47(3,40)41)37(36)46-32-12-10-31(11-13-32)45-25-21-39(5-2)20-24-43-27-26-42-23-19-38/h7-18,28H,4-6,19-27H2,1-3H3. The minimum absolute atomic E-state index is 0.274. The fourth-order valence-electron chi connectivity index (χ4n) is 4.94. The first-order chi connectivity index (χ1) is 22.8. The predicted molar refractivity (Wildman–Crippen MR) is 192 cm³/mol. The van der Waals surface area contributed by atoms with Gasteiger partial charge in [0, 0.05) is 35.6 Å². The van der Waals surface area contributed by atoms with Gasteiger partial charge in [-0.15, -0.1) is 0 Å². The molecule has 4 rings (SSSR count). The third-order valence-corrected chi connectivity index (χ3v) is 9.07. The van der Waals surface area contributed by atoms with Gasteiger partial charge in [-0.3, -0.25) is 4.90 Å². The number of hydrogen-bond acceptors (Lipinski definition) is 8. The lowest BCUT2D eigenvalue weighted by molar-refractivity contribution is 0.0429. The highest BCUT2D eigenvalue weighted by Gasteiger charge is 2.15. The number of ether oxygens (including phenoxy) is 5. The largest absolute Gasteiger partial charge is 0.494 e. The van der Waals surface area contributed by atoms with Gasteiger partial charge in [0.1, 0.15) is 29.6 Å². The highest BCUT2D eigenvalue weighted by atomic mass is 79.9. The van der Waals surface area contributed by atoms with Crippen molar-refractivity contribution in [3.8, 4) is 34.1 Å². The highest BCUT2D eigenvalue weighted by Crippen LogP contribution is 2.41. The van der Waals surface area contributed by atoms with Crippen LogP contribution >= 0.6 is 15.9 Å². The van der Waals surface area contributed by atoms with Gasteiger partial charge in [0.2, 0.25) is 0 Å². The van der Waals surface area contributed by atoms with Crippen LogP contribution in [0.1, 0.15) is 26.7 Å². The molecular weight excluding hydrogens is 682 g/mol. The molecule has 0 unspecified atom stereocenters. The van der Waals surface area contributed by atoms with Gasteiger partial charge in [-0.25, -0.2) is 8.42 Å². The van der Waals surface area contributed by atoms with Crippen LogP contribution in [0.2, 0.25) is 0 Å². The van der Waals surface area contributed by atoms with Gasteiger partial charge in [-0.2, -0.15) is 0 Å². The fraction of sp³-hybridized carbons (Fsp3) is 0.405. The third kappa shape index (κ3) is 11.5.